The zero-order valence-electron chi connectivity index (χ0n) is 10.7. The van der Waals surface area contributed by atoms with E-state index in [0.717, 1.165) is 26.1 Å². The van der Waals surface area contributed by atoms with Crippen LogP contribution in [0.25, 0.3) is 0 Å². The molecule has 1 aliphatic rings. The lowest BCUT2D eigenvalue weighted by atomic mass is 10.0. The number of rotatable bonds is 4. The minimum absolute atomic E-state index is 0.226. The van der Waals surface area contributed by atoms with Gasteiger partial charge in [-0.05, 0) is 18.9 Å². The monoisotopic (exact) mass is 228 g/mol. The number of ether oxygens (including phenoxy) is 1. The quantitative estimate of drug-likeness (QED) is 0.776. The van der Waals surface area contributed by atoms with Crippen molar-refractivity contribution in [2.45, 2.75) is 32.7 Å². The molecule has 0 saturated carbocycles. The fraction of sp³-hybridized carbons (Fsp3) is 0.917. The second-order valence-corrected chi connectivity index (χ2v) is 4.70. The molecule has 16 heavy (non-hydrogen) atoms. The molecule has 0 aliphatic carbocycles. The van der Waals surface area contributed by atoms with E-state index in [-0.39, 0.29) is 5.91 Å². The fourth-order valence-electron chi connectivity index (χ4n) is 2.14. The van der Waals surface area contributed by atoms with Crippen LogP contribution in [0.5, 0.6) is 0 Å². The van der Waals surface area contributed by atoms with Gasteiger partial charge in [0.1, 0.15) is 0 Å². The Hall–Kier alpha value is -0.610. The molecule has 4 nitrogen and oxygen atoms in total. The van der Waals surface area contributed by atoms with Gasteiger partial charge in [0, 0.05) is 26.2 Å². The van der Waals surface area contributed by atoms with Gasteiger partial charge in [0.25, 0.3) is 0 Å². The van der Waals surface area contributed by atoms with Crippen LogP contribution >= 0.6 is 0 Å². The minimum Gasteiger partial charge on any atom is -0.384 e. The summed E-state index contributed by atoms with van der Waals surface area (Å²) in [6.07, 6.45) is 1.54. The van der Waals surface area contributed by atoms with Gasteiger partial charge in [0.05, 0.1) is 13.0 Å². The Balaban J connectivity index is 2.59. The van der Waals surface area contributed by atoms with E-state index >= 15 is 0 Å². The standard InChI is InChI=1S/C12H24N2O2/c1-10(2)11-9-13-6-4-7-14(11)12(15)5-8-16-3/h10-11,13H,4-9H2,1-3H3. The van der Waals surface area contributed by atoms with Crippen LogP contribution < -0.4 is 5.32 Å². The van der Waals surface area contributed by atoms with Crippen molar-refractivity contribution in [1.82, 2.24) is 10.2 Å². The van der Waals surface area contributed by atoms with Gasteiger partial charge in [0.15, 0.2) is 0 Å². The predicted molar refractivity (Wildman–Crippen MR) is 64.3 cm³/mol. The molecular weight excluding hydrogens is 204 g/mol. The third-order valence-corrected chi connectivity index (χ3v) is 3.12. The number of carbonyl (C=O) groups is 1. The van der Waals surface area contributed by atoms with Crippen LogP contribution in [-0.4, -0.2) is 50.2 Å². The summed E-state index contributed by atoms with van der Waals surface area (Å²) in [6, 6.07) is 0.326. The molecule has 1 amide bonds. The first kappa shape index (κ1) is 13.5. The first-order valence-corrected chi connectivity index (χ1v) is 6.16. The molecule has 1 heterocycles. The maximum Gasteiger partial charge on any atom is 0.225 e. The van der Waals surface area contributed by atoms with Crippen LogP contribution in [0.1, 0.15) is 26.7 Å². The lowest BCUT2D eigenvalue weighted by molar-refractivity contribution is -0.135. The number of carbonyl (C=O) groups excluding carboxylic acids is 1. The van der Waals surface area contributed by atoms with Gasteiger partial charge in [-0.3, -0.25) is 4.79 Å². The second kappa shape index (κ2) is 6.86. The van der Waals surface area contributed by atoms with E-state index in [9.17, 15) is 4.79 Å². The van der Waals surface area contributed by atoms with Crippen LogP contribution in [0.3, 0.4) is 0 Å². The van der Waals surface area contributed by atoms with E-state index in [2.05, 4.69) is 19.2 Å². The van der Waals surface area contributed by atoms with Gasteiger partial charge in [-0.1, -0.05) is 13.8 Å². The Labute approximate surface area is 98.3 Å². The first-order chi connectivity index (χ1) is 7.66. The van der Waals surface area contributed by atoms with E-state index in [4.69, 9.17) is 4.74 Å². The molecule has 4 heteroatoms. The van der Waals surface area contributed by atoms with Crippen LogP contribution in [0, 0.1) is 5.92 Å². The SMILES string of the molecule is COCCC(=O)N1CCCNCC1C(C)C. The molecule has 1 unspecified atom stereocenters. The largest absolute Gasteiger partial charge is 0.384 e. The van der Waals surface area contributed by atoms with Gasteiger partial charge < -0.3 is 15.0 Å². The normalized spacial score (nSPS) is 22.2. The molecule has 1 rings (SSSR count). The number of methoxy groups -OCH3 is 1. The molecule has 94 valence electrons. The van der Waals surface area contributed by atoms with E-state index in [1.165, 1.54) is 0 Å². The molecular formula is C12H24N2O2. The van der Waals surface area contributed by atoms with Crippen molar-refractivity contribution in [3.63, 3.8) is 0 Å². The summed E-state index contributed by atoms with van der Waals surface area (Å²) in [4.78, 5) is 14.1. The topological polar surface area (TPSA) is 41.6 Å². The molecule has 1 saturated heterocycles. The summed E-state index contributed by atoms with van der Waals surface area (Å²) in [5.41, 5.74) is 0. The maximum atomic E-state index is 12.0. The second-order valence-electron chi connectivity index (χ2n) is 4.70. The van der Waals surface area contributed by atoms with Crippen molar-refractivity contribution in [2.24, 2.45) is 5.92 Å². The molecule has 0 radical (unpaired) electrons. The van der Waals surface area contributed by atoms with Crippen LogP contribution in [0.15, 0.2) is 0 Å². The van der Waals surface area contributed by atoms with E-state index < -0.39 is 0 Å². The highest BCUT2D eigenvalue weighted by Crippen LogP contribution is 2.14. The van der Waals surface area contributed by atoms with E-state index in [0.29, 0.717) is 25.0 Å². The third kappa shape index (κ3) is 3.76. The highest BCUT2D eigenvalue weighted by Gasteiger charge is 2.26. The number of nitrogens with zero attached hydrogens (tertiary/aromatic N) is 1. The van der Waals surface area contributed by atoms with Crippen LogP contribution in [0.2, 0.25) is 0 Å². The van der Waals surface area contributed by atoms with Crippen molar-refractivity contribution in [1.29, 1.82) is 0 Å². The summed E-state index contributed by atoms with van der Waals surface area (Å²) in [5, 5.41) is 3.39. The molecule has 0 aromatic carbocycles. The predicted octanol–water partition coefficient (Wildman–Crippen LogP) is 0.869. The van der Waals surface area contributed by atoms with Crippen molar-refractivity contribution in [3.8, 4) is 0 Å². The zero-order valence-corrected chi connectivity index (χ0v) is 10.7. The molecule has 0 bridgehead atoms. The van der Waals surface area contributed by atoms with E-state index in [1.54, 1.807) is 7.11 Å². The Bertz CT molecular complexity index is 219. The molecule has 1 fully saturated rings. The summed E-state index contributed by atoms with van der Waals surface area (Å²) in [7, 11) is 1.64. The third-order valence-electron chi connectivity index (χ3n) is 3.12. The Kier molecular flexibility index (Phi) is 5.77. The average molecular weight is 228 g/mol. The lowest BCUT2D eigenvalue weighted by Crippen LogP contribution is -2.46. The Morgan fingerprint density at radius 3 is 2.94 bits per heavy atom. The molecule has 0 spiro atoms. The molecule has 0 aromatic rings. The molecule has 1 aliphatic heterocycles. The molecule has 0 aromatic heterocycles. The van der Waals surface area contributed by atoms with Gasteiger partial charge in [-0.15, -0.1) is 0 Å². The van der Waals surface area contributed by atoms with Crippen molar-refractivity contribution in [3.05, 3.63) is 0 Å². The smallest absolute Gasteiger partial charge is 0.225 e. The number of amides is 1. The van der Waals surface area contributed by atoms with Crippen molar-refractivity contribution < 1.29 is 9.53 Å². The Morgan fingerprint density at radius 1 is 1.56 bits per heavy atom. The summed E-state index contributed by atoms with van der Waals surface area (Å²) in [5.74, 6) is 0.723. The van der Waals surface area contributed by atoms with Gasteiger partial charge >= 0.3 is 0 Å². The van der Waals surface area contributed by atoms with Crippen LogP contribution in [-0.2, 0) is 9.53 Å². The van der Waals surface area contributed by atoms with E-state index in [1.807, 2.05) is 4.90 Å². The summed E-state index contributed by atoms with van der Waals surface area (Å²) in [6.45, 7) is 7.67. The van der Waals surface area contributed by atoms with Crippen LogP contribution in [0.4, 0.5) is 0 Å². The summed E-state index contributed by atoms with van der Waals surface area (Å²) >= 11 is 0. The fourth-order valence-corrected chi connectivity index (χ4v) is 2.14. The molecule has 1 N–H and O–H groups in total. The van der Waals surface area contributed by atoms with Gasteiger partial charge in [-0.2, -0.15) is 0 Å². The number of nitrogens with one attached hydrogen (secondary N) is 1. The maximum absolute atomic E-state index is 12.0. The summed E-state index contributed by atoms with van der Waals surface area (Å²) < 4.78 is 4.97. The highest BCUT2D eigenvalue weighted by atomic mass is 16.5. The van der Waals surface area contributed by atoms with Gasteiger partial charge in [0.2, 0.25) is 5.91 Å². The van der Waals surface area contributed by atoms with Crippen molar-refractivity contribution >= 4 is 5.91 Å². The number of hydrogen-bond donors (Lipinski definition) is 1. The first-order valence-electron chi connectivity index (χ1n) is 6.16. The lowest BCUT2D eigenvalue weighted by Gasteiger charge is -2.32. The van der Waals surface area contributed by atoms with Crippen molar-refractivity contribution in [2.75, 3.05) is 33.4 Å². The highest BCUT2D eigenvalue weighted by molar-refractivity contribution is 5.76. The number of hydrogen-bond acceptors (Lipinski definition) is 3. The zero-order chi connectivity index (χ0) is 12.0. The van der Waals surface area contributed by atoms with Gasteiger partial charge in [-0.25, -0.2) is 0 Å². The Morgan fingerprint density at radius 2 is 2.31 bits per heavy atom. The minimum atomic E-state index is 0.226. The average Bonchev–Trinajstić information content (AvgIpc) is 2.50. The molecule has 1 atom stereocenters.